The summed E-state index contributed by atoms with van der Waals surface area (Å²) in [4.78, 5) is 4.46. The van der Waals surface area contributed by atoms with Gasteiger partial charge in [-0.15, -0.1) is 11.3 Å². The second-order valence-corrected chi connectivity index (χ2v) is 6.92. The normalized spacial score (nSPS) is 29.2. The molecule has 0 spiro atoms. The van der Waals surface area contributed by atoms with Gasteiger partial charge < -0.3 is 5.11 Å². The number of aliphatic hydroxyl groups is 1. The number of hydrogen-bond acceptors (Lipinski definition) is 3. The summed E-state index contributed by atoms with van der Waals surface area (Å²) in [7, 11) is 0. The molecule has 0 amide bonds. The monoisotopic (exact) mass is 239 g/mol. The van der Waals surface area contributed by atoms with Crippen molar-refractivity contribution < 1.29 is 5.11 Å². The molecule has 1 aromatic rings. The second kappa shape index (κ2) is 4.11. The summed E-state index contributed by atoms with van der Waals surface area (Å²) < 4.78 is 0. The molecular formula is C13H21NOS. The molecule has 3 heteroatoms. The van der Waals surface area contributed by atoms with Crippen LogP contribution >= 0.6 is 11.3 Å². The molecule has 1 saturated carbocycles. The Hall–Kier alpha value is -0.410. The molecule has 0 aromatic carbocycles. The molecule has 0 saturated heterocycles. The predicted molar refractivity (Wildman–Crippen MR) is 67.8 cm³/mol. The van der Waals surface area contributed by atoms with Crippen molar-refractivity contribution in [2.75, 3.05) is 0 Å². The van der Waals surface area contributed by atoms with Crippen LogP contribution in [0.15, 0.2) is 5.38 Å². The summed E-state index contributed by atoms with van der Waals surface area (Å²) in [6, 6.07) is 0. The molecule has 1 unspecified atom stereocenters. The quantitative estimate of drug-likeness (QED) is 0.858. The van der Waals surface area contributed by atoms with Crippen LogP contribution < -0.4 is 0 Å². The predicted octanol–water partition coefficient (Wildman–Crippen LogP) is 3.33. The molecule has 2 nitrogen and oxygen atoms in total. The fourth-order valence-electron chi connectivity index (χ4n) is 2.88. The lowest BCUT2D eigenvalue weighted by molar-refractivity contribution is -0.0382. The van der Waals surface area contributed by atoms with Crippen LogP contribution in [0, 0.1) is 12.3 Å². The maximum absolute atomic E-state index is 10.6. The summed E-state index contributed by atoms with van der Waals surface area (Å²) in [5.74, 6) is 0. The Labute approximate surface area is 102 Å². The summed E-state index contributed by atoms with van der Waals surface area (Å²) in [5.41, 5.74) is 0.824. The van der Waals surface area contributed by atoms with Gasteiger partial charge in [0, 0.05) is 17.5 Å². The van der Waals surface area contributed by atoms with Gasteiger partial charge in [0.15, 0.2) is 0 Å². The minimum atomic E-state index is -0.522. The lowest BCUT2D eigenvalue weighted by Crippen LogP contribution is -2.40. The van der Waals surface area contributed by atoms with Crippen molar-refractivity contribution in [2.24, 2.45) is 5.41 Å². The van der Waals surface area contributed by atoms with Crippen LogP contribution in [-0.2, 0) is 6.42 Å². The van der Waals surface area contributed by atoms with E-state index in [4.69, 9.17) is 0 Å². The molecule has 1 aliphatic rings. The Balaban J connectivity index is 2.07. The highest BCUT2D eigenvalue weighted by atomic mass is 32.1. The van der Waals surface area contributed by atoms with Gasteiger partial charge in [0.2, 0.25) is 0 Å². The van der Waals surface area contributed by atoms with Gasteiger partial charge >= 0.3 is 0 Å². The first-order chi connectivity index (χ1) is 7.39. The third kappa shape index (κ3) is 2.83. The van der Waals surface area contributed by atoms with Crippen molar-refractivity contribution in [3.8, 4) is 0 Å². The first-order valence-electron chi connectivity index (χ1n) is 6.02. The molecule has 1 aliphatic carbocycles. The van der Waals surface area contributed by atoms with E-state index in [2.05, 4.69) is 24.2 Å². The van der Waals surface area contributed by atoms with Gasteiger partial charge in [0.05, 0.1) is 10.6 Å². The van der Waals surface area contributed by atoms with Crippen LogP contribution in [-0.4, -0.2) is 15.7 Å². The first kappa shape index (κ1) is 12.1. The van der Waals surface area contributed by atoms with Crippen molar-refractivity contribution >= 4 is 11.3 Å². The maximum atomic E-state index is 10.6. The summed E-state index contributed by atoms with van der Waals surface area (Å²) in [5, 5.41) is 13.8. The Kier molecular flexibility index (Phi) is 3.10. The van der Waals surface area contributed by atoms with E-state index in [-0.39, 0.29) is 5.41 Å². The van der Waals surface area contributed by atoms with E-state index < -0.39 is 5.60 Å². The number of thiazole rings is 1. The summed E-state index contributed by atoms with van der Waals surface area (Å²) in [6.07, 6.45) is 4.92. The maximum Gasteiger partial charge on any atom is 0.0956 e. The van der Waals surface area contributed by atoms with E-state index in [9.17, 15) is 5.11 Å². The van der Waals surface area contributed by atoms with Gasteiger partial charge in [-0.2, -0.15) is 0 Å². The molecule has 1 N–H and O–H groups in total. The highest BCUT2D eigenvalue weighted by molar-refractivity contribution is 7.09. The van der Waals surface area contributed by atoms with Crippen LogP contribution in [0.4, 0.5) is 0 Å². The van der Waals surface area contributed by atoms with Crippen molar-refractivity contribution in [3.63, 3.8) is 0 Å². The smallest absolute Gasteiger partial charge is 0.0956 e. The molecule has 1 atom stereocenters. The van der Waals surface area contributed by atoms with E-state index in [0.717, 1.165) is 36.4 Å². The van der Waals surface area contributed by atoms with E-state index in [0.29, 0.717) is 0 Å². The molecule has 16 heavy (non-hydrogen) atoms. The summed E-state index contributed by atoms with van der Waals surface area (Å²) in [6.45, 7) is 6.52. The van der Waals surface area contributed by atoms with Crippen molar-refractivity contribution in [1.82, 2.24) is 4.98 Å². The van der Waals surface area contributed by atoms with Crippen molar-refractivity contribution in [1.29, 1.82) is 0 Å². The van der Waals surface area contributed by atoms with Crippen LogP contribution in [0.2, 0.25) is 0 Å². The molecular weight excluding hydrogens is 218 g/mol. The Morgan fingerprint density at radius 1 is 1.44 bits per heavy atom. The second-order valence-electron chi connectivity index (χ2n) is 5.98. The fraction of sp³-hybridized carbons (Fsp3) is 0.769. The van der Waals surface area contributed by atoms with Gasteiger partial charge in [-0.1, -0.05) is 20.3 Å². The zero-order valence-corrected chi connectivity index (χ0v) is 11.2. The third-order valence-corrected chi connectivity index (χ3v) is 4.42. The van der Waals surface area contributed by atoms with Gasteiger partial charge in [0.1, 0.15) is 0 Å². The van der Waals surface area contributed by atoms with Crippen LogP contribution in [0.25, 0.3) is 0 Å². The Bertz CT molecular complexity index is 372. The average Bonchev–Trinajstić information content (AvgIpc) is 2.47. The Morgan fingerprint density at radius 3 is 2.75 bits per heavy atom. The number of aromatic nitrogens is 1. The molecule has 2 rings (SSSR count). The van der Waals surface area contributed by atoms with E-state index in [1.807, 2.05) is 6.92 Å². The van der Waals surface area contributed by atoms with E-state index in [1.54, 1.807) is 11.3 Å². The fourth-order valence-corrected chi connectivity index (χ4v) is 3.79. The standard InChI is InChI=1S/C13H21NOS/c1-10-8-16-11(14-10)7-13(15)6-4-5-12(2,3)9-13/h8,15H,4-7,9H2,1-3H3. The van der Waals surface area contributed by atoms with Crippen molar-refractivity contribution in [3.05, 3.63) is 16.1 Å². The SMILES string of the molecule is Cc1csc(CC2(O)CCCC(C)(C)C2)n1. The first-order valence-corrected chi connectivity index (χ1v) is 6.90. The molecule has 1 fully saturated rings. The molecule has 90 valence electrons. The molecule has 0 aliphatic heterocycles. The van der Waals surface area contributed by atoms with Gasteiger partial charge in [-0.3, -0.25) is 0 Å². The van der Waals surface area contributed by atoms with Crippen LogP contribution in [0.3, 0.4) is 0 Å². The molecule has 1 aromatic heterocycles. The number of hydrogen-bond donors (Lipinski definition) is 1. The lowest BCUT2D eigenvalue weighted by atomic mass is 9.69. The average molecular weight is 239 g/mol. The highest BCUT2D eigenvalue weighted by Crippen LogP contribution is 2.42. The molecule has 0 bridgehead atoms. The Morgan fingerprint density at radius 2 is 2.19 bits per heavy atom. The zero-order valence-electron chi connectivity index (χ0n) is 10.4. The van der Waals surface area contributed by atoms with E-state index in [1.165, 1.54) is 6.42 Å². The minimum absolute atomic E-state index is 0.277. The largest absolute Gasteiger partial charge is 0.389 e. The topological polar surface area (TPSA) is 33.1 Å². The van der Waals surface area contributed by atoms with Gasteiger partial charge in [-0.25, -0.2) is 4.98 Å². The highest BCUT2D eigenvalue weighted by Gasteiger charge is 2.38. The van der Waals surface area contributed by atoms with Gasteiger partial charge in [0.25, 0.3) is 0 Å². The number of aryl methyl sites for hydroxylation is 1. The summed E-state index contributed by atoms with van der Waals surface area (Å²) >= 11 is 1.67. The zero-order chi connectivity index (χ0) is 11.8. The van der Waals surface area contributed by atoms with E-state index >= 15 is 0 Å². The molecule has 0 radical (unpaired) electrons. The number of rotatable bonds is 2. The van der Waals surface area contributed by atoms with Crippen LogP contribution in [0.1, 0.15) is 50.2 Å². The van der Waals surface area contributed by atoms with Gasteiger partial charge in [-0.05, 0) is 31.6 Å². The number of nitrogens with zero attached hydrogens (tertiary/aromatic N) is 1. The minimum Gasteiger partial charge on any atom is -0.389 e. The lowest BCUT2D eigenvalue weighted by Gasteiger charge is -2.41. The van der Waals surface area contributed by atoms with Crippen LogP contribution in [0.5, 0.6) is 0 Å². The molecule has 1 heterocycles. The van der Waals surface area contributed by atoms with Crippen molar-refractivity contribution in [2.45, 2.75) is 58.5 Å². The third-order valence-electron chi connectivity index (χ3n) is 3.45.